The molecular weight excluding hydrogens is 248 g/mol. The van der Waals surface area contributed by atoms with Crippen molar-refractivity contribution in [3.63, 3.8) is 0 Å². The first-order chi connectivity index (χ1) is 9.70. The number of carbonyl (C=O) groups excluding carboxylic acids is 1. The van der Waals surface area contributed by atoms with Gasteiger partial charge in [0.25, 0.3) is 5.91 Å². The van der Waals surface area contributed by atoms with Crippen LogP contribution < -0.4 is 5.32 Å². The molecule has 0 aromatic heterocycles. The van der Waals surface area contributed by atoms with Crippen molar-refractivity contribution in [2.24, 2.45) is 0 Å². The van der Waals surface area contributed by atoms with Crippen molar-refractivity contribution in [3.8, 4) is 11.8 Å². The first-order valence-electron chi connectivity index (χ1n) is 7.17. The van der Waals surface area contributed by atoms with E-state index < -0.39 is 0 Å². The van der Waals surface area contributed by atoms with E-state index in [1.165, 1.54) is 24.9 Å². The van der Waals surface area contributed by atoms with E-state index in [0.29, 0.717) is 12.5 Å². The molecule has 0 bridgehead atoms. The summed E-state index contributed by atoms with van der Waals surface area (Å²) < 4.78 is 0. The predicted molar refractivity (Wildman–Crippen MR) is 81.7 cm³/mol. The fourth-order valence-electron chi connectivity index (χ4n) is 2.69. The van der Waals surface area contributed by atoms with Gasteiger partial charge in [-0.3, -0.25) is 4.79 Å². The Morgan fingerprint density at radius 2 is 2.35 bits per heavy atom. The minimum absolute atomic E-state index is 0.0428. The maximum Gasteiger partial charge on any atom is 0.252 e. The Balaban J connectivity index is 2.06. The fourth-order valence-corrected chi connectivity index (χ4v) is 2.69. The molecule has 0 saturated carbocycles. The highest BCUT2D eigenvalue weighted by Crippen LogP contribution is 2.26. The summed E-state index contributed by atoms with van der Waals surface area (Å²) in [6, 6.07) is 8.00. The second kappa shape index (κ2) is 7.12. The molecule has 1 aliphatic heterocycles. The fraction of sp³-hybridized carbons (Fsp3) is 0.471. The van der Waals surface area contributed by atoms with Crippen LogP contribution >= 0.6 is 0 Å². The summed E-state index contributed by atoms with van der Waals surface area (Å²) in [5, 5.41) is 2.82. The Hall–Kier alpha value is -1.79. The van der Waals surface area contributed by atoms with Crippen LogP contribution in [0.2, 0.25) is 0 Å². The number of likely N-dealkylation sites (N-methyl/N-ethyl adjacent to an activating group) is 1. The summed E-state index contributed by atoms with van der Waals surface area (Å²) in [6.45, 7) is 4.43. The van der Waals surface area contributed by atoms with Crippen molar-refractivity contribution in [1.82, 2.24) is 10.2 Å². The smallest absolute Gasteiger partial charge is 0.252 e. The van der Waals surface area contributed by atoms with Gasteiger partial charge in [-0.15, -0.1) is 5.92 Å². The molecule has 1 N–H and O–H groups in total. The van der Waals surface area contributed by atoms with Gasteiger partial charge in [-0.2, -0.15) is 0 Å². The molecular formula is C17H22N2O. The first kappa shape index (κ1) is 14.6. The molecule has 1 aromatic rings. The van der Waals surface area contributed by atoms with Gasteiger partial charge in [0.2, 0.25) is 0 Å². The molecule has 0 aliphatic carbocycles. The van der Waals surface area contributed by atoms with Crippen molar-refractivity contribution in [2.45, 2.75) is 25.7 Å². The average Bonchev–Trinajstić information content (AvgIpc) is 2.47. The van der Waals surface area contributed by atoms with Crippen LogP contribution in [0.3, 0.4) is 0 Å². The van der Waals surface area contributed by atoms with Gasteiger partial charge < -0.3 is 10.2 Å². The highest BCUT2D eigenvalue weighted by molar-refractivity contribution is 5.94. The van der Waals surface area contributed by atoms with Gasteiger partial charge in [-0.05, 0) is 57.0 Å². The maximum absolute atomic E-state index is 12.0. The van der Waals surface area contributed by atoms with Gasteiger partial charge in [-0.25, -0.2) is 0 Å². The Labute approximate surface area is 121 Å². The van der Waals surface area contributed by atoms with E-state index in [1.54, 1.807) is 6.92 Å². The van der Waals surface area contributed by atoms with E-state index in [1.807, 2.05) is 18.2 Å². The van der Waals surface area contributed by atoms with Gasteiger partial charge in [0.1, 0.15) is 0 Å². The molecule has 3 nitrogen and oxygen atoms in total. The Bertz CT molecular complexity index is 527. The van der Waals surface area contributed by atoms with E-state index >= 15 is 0 Å². The third-order valence-corrected chi connectivity index (χ3v) is 3.76. The molecule has 0 spiro atoms. The number of piperidine rings is 1. The van der Waals surface area contributed by atoms with Crippen LogP contribution in [-0.4, -0.2) is 37.5 Å². The van der Waals surface area contributed by atoms with Crippen LogP contribution in [0.15, 0.2) is 24.3 Å². The quantitative estimate of drug-likeness (QED) is 0.854. The SMILES string of the molecule is CC#CCNC(=O)c1cccc(C2CCCN(C)C2)c1. The normalized spacial score (nSPS) is 19.0. The zero-order valence-electron chi connectivity index (χ0n) is 12.3. The summed E-state index contributed by atoms with van der Waals surface area (Å²) in [5.41, 5.74) is 2.00. The minimum Gasteiger partial charge on any atom is -0.341 e. The van der Waals surface area contributed by atoms with Crippen molar-refractivity contribution in [1.29, 1.82) is 0 Å². The van der Waals surface area contributed by atoms with Gasteiger partial charge >= 0.3 is 0 Å². The zero-order chi connectivity index (χ0) is 14.4. The molecule has 3 heteroatoms. The lowest BCUT2D eigenvalue weighted by atomic mass is 9.90. The number of hydrogen-bond donors (Lipinski definition) is 1. The molecule has 1 aromatic carbocycles. The van der Waals surface area contributed by atoms with Gasteiger partial charge in [0, 0.05) is 12.1 Å². The molecule has 1 aliphatic rings. The lowest BCUT2D eigenvalue weighted by Crippen LogP contribution is -2.31. The lowest BCUT2D eigenvalue weighted by Gasteiger charge is -2.30. The molecule has 2 rings (SSSR count). The van der Waals surface area contributed by atoms with Crippen LogP contribution in [0.1, 0.15) is 41.6 Å². The minimum atomic E-state index is -0.0428. The number of benzene rings is 1. The van der Waals surface area contributed by atoms with E-state index in [-0.39, 0.29) is 5.91 Å². The van der Waals surface area contributed by atoms with Gasteiger partial charge in [-0.1, -0.05) is 18.1 Å². The van der Waals surface area contributed by atoms with E-state index in [2.05, 4.69) is 35.2 Å². The standard InChI is InChI=1S/C17H22N2O/c1-3-4-10-18-17(20)15-8-5-7-14(12-15)16-9-6-11-19(2)13-16/h5,7-8,12,16H,6,9-11,13H2,1-2H3,(H,18,20). The lowest BCUT2D eigenvalue weighted by molar-refractivity contribution is 0.0958. The van der Waals surface area contributed by atoms with Crippen molar-refractivity contribution < 1.29 is 4.79 Å². The molecule has 106 valence electrons. The van der Waals surface area contributed by atoms with Crippen LogP contribution in [-0.2, 0) is 0 Å². The topological polar surface area (TPSA) is 32.3 Å². The molecule has 1 amide bonds. The summed E-state index contributed by atoms with van der Waals surface area (Å²) in [7, 11) is 2.16. The number of nitrogens with one attached hydrogen (secondary N) is 1. The summed E-state index contributed by atoms with van der Waals surface area (Å²) in [4.78, 5) is 14.4. The highest BCUT2D eigenvalue weighted by Gasteiger charge is 2.19. The van der Waals surface area contributed by atoms with Crippen LogP contribution in [0.5, 0.6) is 0 Å². The van der Waals surface area contributed by atoms with E-state index in [4.69, 9.17) is 0 Å². The number of amides is 1. The molecule has 1 heterocycles. The van der Waals surface area contributed by atoms with Crippen LogP contribution in [0, 0.1) is 11.8 Å². The Kier molecular flexibility index (Phi) is 5.20. The summed E-state index contributed by atoms with van der Waals surface area (Å²) in [6.07, 6.45) is 2.43. The molecule has 1 fully saturated rings. The number of nitrogens with zero attached hydrogens (tertiary/aromatic N) is 1. The Morgan fingerprint density at radius 3 is 3.10 bits per heavy atom. The van der Waals surface area contributed by atoms with Gasteiger partial charge in [0.15, 0.2) is 0 Å². The molecule has 20 heavy (non-hydrogen) atoms. The third kappa shape index (κ3) is 3.85. The number of carbonyl (C=O) groups is 1. The molecule has 1 atom stereocenters. The third-order valence-electron chi connectivity index (χ3n) is 3.76. The van der Waals surface area contributed by atoms with E-state index in [9.17, 15) is 4.79 Å². The number of rotatable bonds is 3. The van der Waals surface area contributed by atoms with E-state index in [0.717, 1.165) is 12.1 Å². The van der Waals surface area contributed by atoms with Crippen molar-refractivity contribution >= 4 is 5.91 Å². The first-order valence-corrected chi connectivity index (χ1v) is 7.17. The van der Waals surface area contributed by atoms with Crippen molar-refractivity contribution in [3.05, 3.63) is 35.4 Å². The van der Waals surface area contributed by atoms with Crippen LogP contribution in [0.25, 0.3) is 0 Å². The molecule has 1 unspecified atom stereocenters. The van der Waals surface area contributed by atoms with Gasteiger partial charge in [0.05, 0.1) is 6.54 Å². The molecule has 0 radical (unpaired) electrons. The second-order valence-electron chi connectivity index (χ2n) is 5.34. The maximum atomic E-state index is 12.0. The molecule has 1 saturated heterocycles. The predicted octanol–water partition coefficient (Wildman–Crippen LogP) is 2.25. The monoisotopic (exact) mass is 270 g/mol. The highest BCUT2D eigenvalue weighted by atomic mass is 16.1. The zero-order valence-corrected chi connectivity index (χ0v) is 12.3. The van der Waals surface area contributed by atoms with Crippen molar-refractivity contribution in [2.75, 3.05) is 26.7 Å². The van der Waals surface area contributed by atoms with Crippen LogP contribution in [0.4, 0.5) is 0 Å². The Morgan fingerprint density at radius 1 is 1.50 bits per heavy atom. The summed E-state index contributed by atoms with van der Waals surface area (Å²) >= 11 is 0. The number of hydrogen-bond acceptors (Lipinski definition) is 2. The average molecular weight is 270 g/mol. The largest absolute Gasteiger partial charge is 0.341 e. The second-order valence-corrected chi connectivity index (χ2v) is 5.34. The number of likely N-dealkylation sites (tertiary alicyclic amines) is 1. The summed E-state index contributed by atoms with van der Waals surface area (Å²) in [5.74, 6) is 6.11.